The molecule has 14 rings (SSSR count). The Morgan fingerprint density at radius 2 is 0.922 bits per heavy atom. The number of para-hydroxylation sites is 2. The normalized spacial score (nSPS) is 12.1. The Morgan fingerprint density at radius 3 is 1.75 bits per heavy atom. The summed E-state index contributed by atoms with van der Waals surface area (Å²) in [5.41, 5.74) is 10.3. The maximum Gasteiger partial charge on any atom is 0.164 e. The molecule has 0 saturated carbocycles. The largest absolute Gasteiger partial charge is 0.456 e. The predicted molar refractivity (Wildman–Crippen MR) is 269 cm³/mol. The van der Waals surface area contributed by atoms with E-state index in [1.54, 1.807) is 22.7 Å². The number of hydrogen-bond donors (Lipinski definition) is 0. The van der Waals surface area contributed by atoms with Gasteiger partial charge in [0.1, 0.15) is 11.2 Å². The maximum absolute atomic E-state index is 6.70. The van der Waals surface area contributed by atoms with Crippen LogP contribution in [0.1, 0.15) is 0 Å². The minimum absolute atomic E-state index is 0.649. The highest BCUT2D eigenvalue weighted by atomic mass is 32.1. The van der Waals surface area contributed by atoms with Gasteiger partial charge in [0, 0.05) is 90.3 Å². The monoisotopic (exact) mass is 852 g/mol. The molecule has 0 unspecified atom stereocenters. The van der Waals surface area contributed by atoms with Crippen molar-refractivity contribution in [2.75, 3.05) is 0 Å². The van der Waals surface area contributed by atoms with Crippen molar-refractivity contribution in [2.24, 2.45) is 0 Å². The molecule has 0 atom stereocenters. The van der Waals surface area contributed by atoms with Gasteiger partial charge < -0.3 is 8.98 Å². The number of furan rings is 1. The zero-order valence-corrected chi connectivity index (χ0v) is 35.6. The zero-order chi connectivity index (χ0) is 41.9. The van der Waals surface area contributed by atoms with Crippen LogP contribution >= 0.6 is 22.7 Å². The van der Waals surface area contributed by atoms with Crippen molar-refractivity contribution in [3.05, 3.63) is 194 Å². The second-order valence-corrected chi connectivity index (χ2v) is 18.5. The van der Waals surface area contributed by atoms with Crippen LogP contribution in [-0.4, -0.2) is 19.5 Å². The topological polar surface area (TPSA) is 56.7 Å². The van der Waals surface area contributed by atoms with Gasteiger partial charge >= 0.3 is 0 Å². The number of rotatable bonds is 5. The van der Waals surface area contributed by atoms with Crippen molar-refractivity contribution >= 4 is 107 Å². The lowest BCUT2D eigenvalue weighted by atomic mass is 9.99. The third-order valence-corrected chi connectivity index (χ3v) is 14.9. The van der Waals surface area contributed by atoms with Gasteiger partial charge in [-0.15, -0.1) is 22.7 Å². The van der Waals surface area contributed by atoms with Gasteiger partial charge in [-0.1, -0.05) is 121 Å². The van der Waals surface area contributed by atoms with Crippen molar-refractivity contribution in [1.82, 2.24) is 19.5 Å². The molecule has 0 aliphatic heterocycles. The Bertz CT molecular complexity index is 4160. The molecule has 0 saturated heterocycles. The lowest BCUT2D eigenvalue weighted by molar-refractivity contribution is 0.669. The van der Waals surface area contributed by atoms with E-state index in [1.165, 1.54) is 56.8 Å². The van der Waals surface area contributed by atoms with Crippen LogP contribution in [0.25, 0.3) is 135 Å². The molecule has 5 heterocycles. The van der Waals surface area contributed by atoms with E-state index < -0.39 is 0 Å². The summed E-state index contributed by atoms with van der Waals surface area (Å²) in [6.07, 6.45) is 0. The number of benzene rings is 9. The van der Waals surface area contributed by atoms with E-state index in [9.17, 15) is 0 Å². The maximum atomic E-state index is 6.70. The summed E-state index contributed by atoms with van der Waals surface area (Å²) in [7, 11) is 0. The molecule has 0 radical (unpaired) electrons. The average molecular weight is 853 g/mol. The van der Waals surface area contributed by atoms with Crippen molar-refractivity contribution in [3.8, 4) is 51.0 Å². The van der Waals surface area contributed by atoms with Crippen LogP contribution in [0.3, 0.4) is 0 Å². The lowest BCUT2D eigenvalue weighted by Gasteiger charge is -2.10. The fraction of sp³-hybridized carbons (Fsp3) is 0. The molecule has 7 heteroatoms. The third kappa shape index (κ3) is 5.45. The summed E-state index contributed by atoms with van der Waals surface area (Å²) in [6, 6.07) is 69.0. The van der Waals surface area contributed by atoms with Crippen LogP contribution < -0.4 is 0 Å². The molecule has 0 bridgehead atoms. The Hall–Kier alpha value is -7.97. The minimum Gasteiger partial charge on any atom is -0.456 e. The summed E-state index contributed by atoms with van der Waals surface area (Å²) >= 11 is 3.60. The second-order valence-electron chi connectivity index (χ2n) is 16.3. The van der Waals surface area contributed by atoms with Gasteiger partial charge in [-0.05, 0) is 77.9 Å². The molecular formula is C57H32N4OS2. The SMILES string of the molecule is c1ccc(-c2nc(-c3ccc4c(c3)sc3ccccc34)nc(-c3cccc4sc5ccc(-c6ccc7c(c6)oc6cc(-n8c9ccccc9c9ccccc98)ccc67)cc5c34)n2)cc1. The molecule has 9 aromatic carbocycles. The van der Waals surface area contributed by atoms with E-state index in [1.807, 2.05) is 18.2 Å². The molecule has 0 fully saturated rings. The number of aromatic nitrogens is 4. The lowest BCUT2D eigenvalue weighted by Crippen LogP contribution is -2.00. The summed E-state index contributed by atoms with van der Waals surface area (Å²) < 4.78 is 13.9. The summed E-state index contributed by atoms with van der Waals surface area (Å²) in [4.78, 5) is 15.6. The van der Waals surface area contributed by atoms with Crippen molar-refractivity contribution in [2.45, 2.75) is 0 Å². The molecule has 14 aromatic rings. The third-order valence-electron chi connectivity index (χ3n) is 12.7. The Labute approximate surface area is 373 Å². The van der Waals surface area contributed by atoms with Gasteiger partial charge in [0.15, 0.2) is 17.5 Å². The van der Waals surface area contributed by atoms with Gasteiger partial charge in [-0.3, -0.25) is 0 Å². The number of thiophene rings is 2. The van der Waals surface area contributed by atoms with Crippen molar-refractivity contribution < 1.29 is 4.42 Å². The van der Waals surface area contributed by atoms with Gasteiger partial charge in [-0.25, -0.2) is 15.0 Å². The van der Waals surface area contributed by atoms with Crippen molar-refractivity contribution in [1.29, 1.82) is 0 Å². The molecule has 298 valence electrons. The molecule has 0 aliphatic rings. The number of nitrogens with zero attached hydrogens (tertiary/aromatic N) is 4. The van der Waals surface area contributed by atoms with E-state index in [-0.39, 0.29) is 0 Å². The van der Waals surface area contributed by atoms with Gasteiger partial charge in [0.05, 0.1) is 11.0 Å². The van der Waals surface area contributed by atoms with Gasteiger partial charge in [0.2, 0.25) is 0 Å². The molecule has 5 nitrogen and oxygen atoms in total. The van der Waals surface area contributed by atoms with Crippen LogP contribution in [-0.2, 0) is 0 Å². The van der Waals surface area contributed by atoms with Crippen LogP contribution in [0, 0.1) is 0 Å². The van der Waals surface area contributed by atoms with E-state index in [2.05, 4.69) is 180 Å². The molecule has 5 aromatic heterocycles. The highest BCUT2D eigenvalue weighted by molar-refractivity contribution is 7.26. The van der Waals surface area contributed by atoms with Crippen LogP contribution in [0.5, 0.6) is 0 Å². The Balaban J connectivity index is 0.892. The average Bonchev–Trinajstić information content (AvgIpc) is 4.12. The highest BCUT2D eigenvalue weighted by Gasteiger charge is 2.19. The first kappa shape index (κ1) is 35.6. The zero-order valence-electron chi connectivity index (χ0n) is 34.0. The summed E-state index contributed by atoms with van der Waals surface area (Å²) in [5.74, 6) is 1.96. The predicted octanol–water partition coefficient (Wildman–Crippen LogP) is 16.3. The second kappa shape index (κ2) is 13.8. The first-order chi connectivity index (χ1) is 31.7. The van der Waals surface area contributed by atoms with Crippen LogP contribution in [0.15, 0.2) is 199 Å². The first-order valence-corrected chi connectivity index (χ1v) is 23.0. The fourth-order valence-electron chi connectivity index (χ4n) is 9.68. The molecule has 0 N–H and O–H groups in total. The van der Waals surface area contributed by atoms with E-state index in [0.29, 0.717) is 17.5 Å². The molecule has 0 amide bonds. The van der Waals surface area contributed by atoms with E-state index in [4.69, 9.17) is 19.4 Å². The Morgan fingerprint density at radius 1 is 0.344 bits per heavy atom. The van der Waals surface area contributed by atoms with Gasteiger partial charge in [-0.2, -0.15) is 0 Å². The van der Waals surface area contributed by atoms with Crippen molar-refractivity contribution in [3.63, 3.8) is 0 Å². The molecule has 64 heavy (non-hydrogen) atoms. The first-order valence-electron chi connectivity index (χ1n) is 21.3. The fourth-order valence-corrected chi connectivity index (χ4v) is 11.9. The summed E-state index contributed by atoms with van der Waals surface area (Å²) in [5, 5.41) is 9.52. The van der Waals surface area contributed by atoms with Crippen LogP contribution in [0.4, 0.5) is 0 Å². The standard InChI is InChI=1S/C57H32N4OS2/c1-2-11-33(12-3-1)55-58-56(36-22-26-43-42-15-6-9-19-50(42)64-53(43)31-36)60-57(59-55)44-16-10-20-52-54(44)45-29-34(23-28-51(45)63-52)35-21-25-40-41-27-24-37(32-49(41)62-48(40)30-35)61-46-17-7-4-13-38(46)39-14-5-8-18-47(39)61/h1-32H. The molecule has 0 aliphatic carbocycles. The number of fused-ring (bicyclic) bond motifs is 12. The smallest absolute Gasteiger partial charge is 0.164 e. The minimum atomic E-state index is 0.649. The van der Waals surface area contributed by atoms with E-state index >= 15 is 0 Å². The number of hydrogen-bond acceptors (Lipinski definition) is 6. The highest BCUT2D eigenvalue weighted by Crippen LogP contribution is 2.43. The quantitative estimate of drug-likeness (QED) is 0.173. The molecule has 0 spiro atoms. The van der Waals surface area contributed by atoms with Crippen LogP contribution in [0.2, 0.25) is 0 Å². The summed E-state index contributed by atoms with van der Waals surface area (Å²) in [6.45, 7) is 0. The Kier molecular flexibility index (Phi) is 7.66. The van der Waals surface area contributed by atoms with Gasteiger partial charge in [0.25, 0.3) is 0 Å². The van der Waals surface area contributed by atoms with E-state index in [0.717, 1.165) is 60.8 Å². The molecular weight excluding hydrogens is 821 g/mol.